The van der Waals surface area contributed by atoms with Gasteiger partial charge in [0.1, 0.15) is 10.9 Å². The SMILES string of the molecule is CCC1C(=O)NCCN1S(=O)(=O)c1ccc(C)cc1N. The van der Waals surface area contributed by atoms with Gasteiger partial charge in [-0.25, -0.2) is 8.42 Å². The van der Waals surface area contributed by atoms with E-state index < -0.39 is 16.1 Å². The lowest BCUT2D eigenvalue weighted by Gasteiger charge is -2.33. The Kier molecular flexibility index (Phi) is 4.01. The summed E-state index contributed by atoms with van der Waals surface area (Å²) in [5.41, 5.74) is 6.94. The van der Waals surface area contributed by atoms with Crippen LogP contribution >= 0.6 is 0 Å². The predicted octanol–water partition coefficient (Wildman–Crippen LogP) is 0.476. The third-order valence-electron chi connectivity index (χ3n) is 3.42. The summed E-state index contributed by atoms with van der Waals surface area (Å²) in [6.45, 7) is 4.22. The smallest absolute Gasteiger partial charge is 0.245 e. The summed E-state index contributed by atoms with van der Waals surface area (Å²) in [5.74, 6) is -0.256. The summed E-state index contributed by atoms with van der Waals surface area (Å²) in [7, 11) is -3.76. The molecule has 1 heterocycles. The Hall–Kier alpha value is -1.60. The van der Waals surface area contributed by atoms with Gasteiger partial charge >= 0.3 is 0 Å². The number of piperazine rings is 1. The van der Waals surface area contributed by atoms with Gasteiger partial charge < -0.3 is 11.1 Å². The van der Waals surface area contributed by atoms with Crippen LogP contribution in [0.5, 0.6) is 0 Å². The van der Waals surface area contributed by atoms with E-state index in [4.69, 9.17) is 5.73 Å². The third-order valence-corrected chi connectivity index (χ3v) is 5.40. The minimum Gasteiger partial charge on any atom is -0.398 e. The van der Waals surface area contributed by atoms with Crippen molar-refractivity contribution < 1.29 is 13.2 Å². The first-order valence-corrected chi connectivity index (χ1v) is 7.97. The molecular formula is C13H19N3O3S. The third kappa shape index (κ3) is 2.51. The molecule has 0 bridgehead atoms. The van der Waals surface area contributed by atoms with Crippen molar-refractivity contribution in [3.63, 3.8) is 0 Å². The summed E-state index contributed by atoms with van der Waals surface area (Å²) in [6, 6.07) is 4.15. The molecule has 0 aliphatic carbocycles. The molecule has 110 valence electrons. The monoisotopic (exact) mass is 297 g/mol. The number of aryl methyl sites for hydroxylation is 1. The van der Waals surface area contributed by atoms with Crippen molar-refractivity contribution in [2.45, 2.75) is 31.2 Å². The number of amides is 1. The fraction of sp³-hybridized carbons (Fsp3) is 0.462. The number of hydrogen-bond acceptors (Lipinski definition) is 4. The Bertz CT molecular complexity index is 628. The largest absolute Gasteiger partial charge is 0.398 e. The number of benzene rings is 1. The highest BCUT2D eigenvalue weighted by molar-refractivity contribution is 7.89. The summed E-state index contributed by atoms with van der Waals surface area (Å²) in [6.07, 6.45) is 0.427. The van der Waals surface area contributed by atoms with Crippen molar-refractivity contribution in [2.24, 2.45) is 0 Å². The molecule has 7 heteroatoms. The average molecular weight is 297 g/mol. The first-order chi connectivity index (χ1) is 9.37. The molecule has 1 unspecified atom stereocenters. The Balaban J connectivity index is 2.45. The van der Waals surface area contributed by atoms with E-state index in [1.807, 2.05) is 6.92 Å². The molecule has 0 spiro atoms. The second-order valence-corrected chi connectivity index (χ2v) is 6.73. The average Bonchev–Trinajstić information content (AvgIpc) is 2.37. The Morgan fingerprint density at radius 1 is 1.45 bits per heavy atom. The minimum absolute atomic E-state index is 0.0660. The molecular weight excluding hydrogens is 278 g/mol. The van der Waals surface area contributed by atoms with Crippen molar-refractivity contribution in [3.8, 4) is 0 Å². The quantitative estimate of drug-likeness (QED) is 0.794. The van der Waals surface area contributed by atoms with Gasteiger partial charge in [-0.1, -0.05) is 13.0 Å². The Morgan fingerprint density at radius 3 is 2.75 bits per heavy atom. The van der Waals surface area contributed by atoms with E-state index >= 15 is 0 Å². The molecule has 1 atom stereocenters. The summed E-state index contributed by atoms with van der Waals surface area (Å²) < 4.78 is 26.6. The molecule has 1 aromatic carbocycles. The van der Waals surface area contributed by atoms with E-state index in [-0.39, 0.29) is 23.0 Å². The second kappa shape index (κ2) is 5.41. The van der Waals surface area contributed by atoms with Crippen molar-refractivity contribution in [2.75, 3.05) is 18.8 Å². The normalized spacial score (nSPS) is 20.7. The fourth-order valence-corrected chi connectivity index (χ4v) is 4.16. The molecule has 0 saturated carbocycles. The van der Waals surface area contributed by atoms with Gasteiger partial charge in [-0.2, -0.15) is 4.31 Å². The maximum absolute atomic E-state index is 12.7. The Labute approximate surface area is 119 Å². The van der Waals surface area contributed by atoms with E-state index in [1.165, 1.54) is 10.4 Å². The van der Waals surface area contributed by atoms with Crippen LogP contribution in [0, 0.1) is 6.92 Å². The number of carbonyl (C=O) groups is 1. The molecule has 1 fully saturated rings. The van der Waals surface area contributed by atoms with Gasteiger partial charge in [0.15, 0.2) is 0 Å². The molecule has 3 N–H and O–H groups in total. The van der Waals surface area contributed by atoms with Gasteiger partial charge in [0.05, 0.1) is 5.69 Å². The minimum atomic E-state index is -3.76. The Morgan fingerprint density at radius 2 is 2.15 bits per heavy atom. The highest BCUT2D eigenvalue weighted by Gasteiger charge is 2.37. The van der Waals surface area contributed by atoms with Gasteiger partial charge in [-0.05, 0) is 31.0 Å². The molecule has 2 rings (SSSR count). The van der Waals surface area contributed by atoms with Crippen molar-refractivity contribution >= 4 is 21.6 Å². The molecule has 0 radical (unpaired) electrons. The van der Waals surface area contributed by atoms with Crippen molar-refractivity contribution in [1.29, 1.82) is 0 Å². The summed E-state index contributed by atoms with van der Waals surface area (Å²) in [5, 5.41) is 2.68. The summed E-state index contributed by atoms with van der Waals surface area (Å²) >= 11 is 0. The van der Waals surface area contributed by atoms with Crippen molar-refractivity contribution in [3.05, 3.63) is 23.8 Å². The standard InChI is InChI=1S/C13H19N3O3S/c1-3-11-13(17)15-6-7-16(11)20(18,19)12-5-4-9(2)8-10(12)14/h4-5,8,11H,3,6-7,14H2,1-2H3,(H,15,17). The van der Waals surface area contributed by atoms with Crippen LogP contribution in [-0.2, 0) is 14.8 Å². The molecule has 1 saturated heterocycles. The highest BCUT2D eigenvalue weighted by Crippen LogP contribution is 2.26. The van der Waals surface area contributed by atoms with Crippen LogP contribution in [0.25, 0.3) is 0 Å². The van der Waals surface area contributed by atoms with E-state index in [9.17, 15) is 13.2 Å². The number of sulfonamides is 1. The van der Waals surface area contributed by atoms with E-state index in [1.54, 1.807) is 19.1 Å². The van der Waals surface area contributed by atoms with Gasteiger partial charge in [0.2, 0.25) is 15.9 Å². The number of nitrogens with one attached hydrogen (secondary N) is 1. The maximum Gasteiger partial charge on any atom is 0.245 e. The lowest BCUT2D eigenvalue weighted by atomic mass is 10.2. The lowest BCUT2D eigenvalue weighted by Crippen LogP contribution is -2.56. The van der Waals surface area contributed by atoms with Crippen LogP contribution in [0.2, 0.25) is 0 Å². The van der Waals surface area contributed by atoms with Gasteiger partial charge in [0, 0.05) is 13.1 Å². The zero-order valence-electron chi connectivity index (χ0n) is 11.6. The van der Waals surface area contributed by atoms with E-state index in [0.717, 1.165) is 5.56 Å². The number of rotatable bonds is 3. The maximum atomic E-state index is 12.7. The highest BCUT2D eigenvalue weighted by atomic mass is 32.2. The van der Waals surface area contributed by atoms with E-state index in [2.05, 4.69) is 5.32 Å². The molecule has 0 aromatic heterocycles. The van der Waals surface area contributed by atoms with Gasteiger partial charge in [0.25, 0.3) is 0 Å². The molecule has 1 aliphatic heterocycles. The predicted molar refractivity (Wildman–Crippen MR) is 76.6 cm³/mol. The first-order valence-electron chi connectivity index (χ1n) is 6.53. The number of nitrogen functional groups attached to an aromatic ring is 1. The van der Waals surface area contributed by atoms with Crippen LogP contribution in [-0.4, -0.2) is 37.8 Å². The van der Waals surface area contributed by atoms with Crippen molar-refractivity contribution in [1.82, 2.24) is 9.62 Å². The lowest BCUT2D eigenvalue weighted by molar-refractivity contribution is -0.126. The molecule has 1 amide bonds. The zero-order chi connectivity index (χ0) is 14.9. The number of hydrogen-bond donors (Lipinski definition) is 2. The van der Waals surface area contributed by atoms with Gasteiger partial charge in [-0.15, -0.1) is 0 Å². The van der Waals surface area contributed by atoms with Crippen LogP contribution in [0.3, 0.4) is 0 Å². The number of nitrogens with zero attached hydrogens (tertiary/aromatic N) is 1. The first kappa shape index (κ1) is 14.8. The van der Waals surface area contributed by atoms with Gasteiger partial charge in [-0.3, -0.25) is 4.79 Å². The molecule has 1 aliphatic rings. The molecule has 6 nitrogen and oxygen atoms in total. The van der Waals surface area contributed by atoms with Crippen LogP contribution < -0.4 is 11.1 Å². The van der Waals surface area contributed by atoms with Crippen LogP contribution in [0.4, 0.5) is 5.69 Å². The zero-order valence-corrected chi connectivity index (χ0v) is 12.4. The number of carbonyl (C=O) groups excluding carboxylic acids is 1. The summed E-state index contributed by atoms with van der Waals surface area (Å²) in [4.78, 5) is 11.9. The van der Waals surface area contributed by atoms with Crippen LogP contribution in [0.15, 0.2) is 23.1 Å². The van der Waals surface area contributed by atoms with E-state index in [0.29, 0.717) is 13.0 Å². The molecule has 1 aromatic rings. The number of anilines is 1. The topological polar surface area (TPSA) is 92.5 Å². The number of nitrogens with two attached hydrogens (primary N) is 1. The fourth-order valence-electron chi connectivity index (χ4n) is 2.40. The van der Waals surface area contributed by atoms with Crippen LogP contribution in [0.1, 0.15) is 18.9 Å². The second-order valence-electron chi connectivity index (χ2n) is 4.87. The molecule has 20 heavy (non-hydrogen) atoms.